The summed E-state index contributed by atoms with van der Waals surface area (Å²) in [6.45, 7) is -0.312. The molecule has 0 aliphatic carbocycles. The number of aromatic nitrogens is 2. The van der Waals surface area contributed by atoms with Gasteiger partial charge in [-0.3, -0.25) is 14.3 Å². The summed E-state index contributed by atoms with van der Waals surface area (Å²) in [6, 6.07) is 0. The van der Waals surface area contributed by atoms with Crippen LogP contribution in [0, 0.1) is 0 Å². The molecule has 1 saturated heterocycles. The van der Waals surface area contributed by atoms with Crippen LogP contribution < -0.4 is 11.2 Å². The van der Waals surface area contributed by atoms with E-state index >= 15 is 0 Å². The summed E-state index contributed by atoms with van der Waals surface area (Å²) in [5.41, 5.74) is -0.517. The van der Waals surface area contributed by atoms with Crippen molar-refractivity contribution in [2.45, 2.75) is 30.6 Å². The Hall–Kier alpha value is -1.09. The zero-order chi connectivity index (χ0) is 14.0. The van der Waals surface area contributed by atoms with E-state index in [0.717, 1.165) is 0 Å². The zero-order valence-electron chi connectivity index (χ0n) is 10.4. The van der Waals surface area contributed by atoms with Crippen LogP contribution >= 0.6 is 11.8 Å². The number of rotatable bonds is 4. The van der Waals surface area contributed by atoms with Gasteiger partial charge in [0.25, 0.3) is 5.56 Å². The molecule has 2 heterocycles. The maximum Gasteiger partial charge on any atom is 0.330 e. The Morgan fingerprint density at radius 2 is 2.32 bits per heavy atom. The highest BCUT2D eigenvalue weighted by molar-refractivity contribution is 7.97. The molecule has 3 N–H and O–H groups in total. The van der Waals surface area contributed by atoms with E-state index in [0.29, 0.717) is 11.3 Å². The molecule has 7 nitrogen and oxygen atoms in total. The standard InChI is InChI=1S/C11H16N2O5S/c1-19-5-6-3-13(11(17)12-10(6)16)9-2-7(15)8(4-14)18-9/h3,7-9,14-15H,2,4-5H2,1H3,(H,12,16,17). The van der Waals surface area contributed by atoms with Gasteiger partial charge in [-0.05, 0) is 6.26 Å². The maximum absolute atomic E-state index is 11.8. The van der Waals surface area contributed by atoms with Crippen LogP contribution in [0.15, 0.2) is 15.8 Å². The minimum Gasteiger partial charge on any atom is -0.394 e. The van der Waals surface area contributed by atoms with E-state index in [2.05, 4.69) is 4.98 Å². The summed E-state index contributed by atoms with van der Waals surface area (Å²) in [4.78, 5) is 25.6. The van der Waals surface area contributed by atoms with Crippen LogP contribution in [0.2, 0.25) is 0 Å². The summed E-state index contributed by atoms with van der Waals surface area (Å²) in [7, 11) is 0. The number of nitrogens with zero attached hydrogens (tertiary/aromatic N) is 1. The number of nitrogens with one attached hydrogen (secondary N) is 1. The van der Waals surface area contributed by atoms with E-state index < -0.39 is 29.7 Å². The predicted octanol–water partition coefficient (Wildman–Crippen LogP) is -0.960. The minimum atomic E-state index is -0.821. The van der Waals surface area contributed by atoms with Crippen LogP contribution in [0.1, 0.15) is 18.2 Å². The number of aliphatic hydroxyl groups excluding tert-OH is 2. The fourth-order valence-electron chi connectivity index (χ4n) is 2.05. The van der Waals surface area contributed by atoms with E-state index in [-0.39, 0.29) is 13.0 Å². The minimum absolute atomic E-state index is 0.204. The van der Waals surface area contributed by atoms with Gasteiger partial charge in [-0.2, -0.15) is 11.8 Å². The number of H-pyrrole nitrogens is 1. The van der Waals surface area contributed by atoms with E-state index in [1.807, 2.05) is 6.26 Å². The summed E-state index contributed by atoms with van der Waals surface area (Å²) in [5, 5.41) is 18.7. The van der Waals surface area contributed by atoms with Gasteiger partial charge in [0, 0.05) is 23.9 Å². The van der Waals surface area contributed by atoms with Gasteiger partial charge >= 0.3 is 5.69 Å². The van der Waals surface area contributed by atoms with Crippen LogP contribution in [-0.2, 0) is 10.5 Å². The Kier molecular flexibility index (Phi) is 4.46. The van der Waals surface area contributed by atoms with Crippen molar-refractivity contribution in [1.29, 1.82) is 0 Å². The van der Waals surface area contributed by atoms with Crippen molar-refractivity contribution in [1.82, 2.24) is 9.55 Å². The van der Waals surface area contributed by atoms with E-state index in [4.69, 9.17) is 9.84 Å². The largest absolute Gasteiger partial charge is 0.394 e. The van der Waals surface area contributed by atoms with Gasteiger partial charge < -0.3 is 14.9 Å². The van der Waals surface area contributed by atoms with Crippen molar-refractivity contribution in [3.63, 3.8) is 0 Å². The number of thioether (sulfide) groups is 1. The first-order chi connectivity index (χ1) is 9.06. The first kappa shape index (κ1) is 14.3. The van der Waals surface area contributed by atoms with Crippen molar-refractivity contribution in [2.75, 3.05) is 12.9 Å². The van der Waals surface area contributed by atoms with Gasteiger partial charge in [-0.15, -0.1) is 0 Å². The van der Waals surface area contributed by atoms with Crippen LogP contribution in [0.5, 0.6) is 0 Å². The van der Waals surface area contributed by atoms with Gasteiger partial charge in [0.2, 0.25) is 0 Å². The molecule has 3 unspecified atom stereocenters. The third kappa shape index (κ3) is 2.92. The molecule has 1 fully saturated rings. The first-order valence-electron chi connectivity index (χ1n) is 5.84. The molecule has 1 aromatic rings. The molecule has 1 aliphatic heterocycles. The lowest BCUT2D eigenvalue weighted by Gasteiger charge is -2.15. The molecule has 0 radical (unpaired) electrons. The topological polar surface area (TPSA) is 105 Å². The Labute approximate surface area is 113 Å². The molecule has 1 aliphatic rings. The lowest BCUT2D eigenvalue weighted by molar-refractivity contribution is -0.0459. The molecule has 8 heteroatoms. The van der Waals surface area contributed by atoms with Gasteiger partial charge in [0.15, 0.2) is 0 Å². The molecule has 0 saturated carbocycles. The van der Waals surface area contributed by atoms with Gasteiger partial charge in [0.05, 0.1) is 12.7 Å². The molecular formula is C11H16N2O5S. The van der Waals surface area contributed by atoms with Gasteiger partial charge in [0.1, 0.15) is 12.3 Å². The predicted molar refractivity (Wildman–Crippen MR) is 70.2 cm³/mol. The quantitative estimate of drug-likeness (QED) is 0.659. The molecular weight excluding hydrogens is 272 g/mol. The summed E-state index contributed by atoms with van der Waals surface area (Å²) in [5.74, 6) is 0.480. The highest BCUT2D eigenvalue weighted by Crippen LogP contribution is 2.27. The van der Waals surface area contributed by atoms with Crippen molar-refractivity contribution in [2.24, 2.45) is 0 Å². The van der Waals surface area contributed by atoms with Crippen molar-refractivity contribution >= 4 is 11.8 Å². The monoisotopic (exact) mass is 288 g/mol. The van der Waals surface area contributed by atoms with E-state index in [1.165, 1.54) is 22.5 Å². The van der Waals surface area contributed by atoms with Crippen LogP contribution in [0.3, 0.4) is 0 Å². The second-order valence-electron chi connectivity index (χ2n) is 4.37. The van der Waals surface area contributed by atoms with Crippen LogP contribution in [0.4, 0.5) is 0 Å². The molecule has 0 amide bonds. The summed E-state index contributed by atoms with van der Waals surface area (Å²) >= 11 is 1.47. The fraction of sp³-hybridized carbons (Fsp3) is 0.636. The molecule has 2 rings (SSSR count). The van der Waals surface area contributed by atoms with Gasteiger partial charge in [-0.1, -0.05) is 0 Å². The smallest absolute Gasteiger partial charge is 0.330 e. The van der Waals surface area contributed by atoms with Crippen molar-refractivity contribution < 1.29 is 14.9 Å². The zero-order valence-corrected chi connectivity index (χ0v) is 11.2. The maximum atomic E-state index is 11.8. The first-order valence-corrected chi connectivity index (χ1v) is 7.24. The molecule has 19 heavy (non-hydrogen) atoms. The Morgan fingerprint density at radius 1 is 1.58 bits per heavy atom. The second-order valence-corrected chi connectivity index (χ2v) is 5.23. The van der Waals surface area contributed by atoms with Crippen LogP contribution in [0.25, 0.3) is 0 Å². The number of hydrogen-bond donors (Lipinski definition) is 3. The number of aromatic amines is 1. The number of hydrogen-bond acceptors (Lipinski definition) is 6. The lowest BCUT2D eigenvalue weighted by Crippen LogP contribution is -2.34. The van der Waals surface area contributed by atoms with Crippen LogP contribution in [-0.4, -0.2) is 44.8 Å². The molecule has 0 bridgehead atoms. The average molecular weight is 288 g/mol. The Morgan fingerprint density at radius 3 is 2.89 bits per heavy atom. The van der Waals surface area contributed by atoms with E-state index in [1.54, 1.807) is 0 Å². The lowest BCUT2D eigenvalue weighted by atomic mass is 10.2. The number of ether oxygens (including phenoxy) is 1. The molecule has 0 aromatic carbocycles. The fourth-order valence-corrected chi connectivity index (χ4v) is 2.57. The Bertz CT molecular complexity index is 555. The highest BCUT2D eigenvalue weighted by atomic mass is 32.2. The number of aliphatic hydroxyl groups is 2. The van der Waals surface area contributed by atoms with E-state index in [9.17, 15) is 14.7 Å². The normalized spacial score (nSPS) is 26.8. The molecule has 0 spiro atoms. The Balaban J connectivity index is 2.33. The molecule has 3 atom stereocenters. The van der Waals surface area contributed by atoms with Crippen molar-refractivity contribution in [3.05, 3.63) is 32.6 Å². The second kappa shape index (κ2) is 5.91. The van der Waals surface area contributed by atoms with Gasteiger partial charge in [-0.25, -0.2) is 4.79 Å². The SMILES string of the molecule is CSCc1cn(C2CC(O)C(CO)O2)c(=O)[nH]c1=O. The third-order valence-electron chi connectivity index (χ3n) is 3.04. The highest BCUT2D eigenvalue weighted by Gasteiger charge is 2.35. The molecule has 106 valence electrons. The summed E-state index contributed by atoms with van der Waals surface area (Å²) in [6.07, 6.45) is 1.32. The summed E-state index contributed by atoms with van der Waals surface area (Å²) < 4.78 is 6.65. The average Bonchev–Trinajstić information content (AvgIpc) is 2.74. The third-order valence-corrected chi connectivity index (χ3v) is 3.64. The molecule has 1 aromatic heterocycles. The van der Waals surface area contributed by atoms with Crippen molar-refractivity contribution in [3.8, 4) is 0 Å².